The molecule has 3 aromatic rings. The number of quaternary nitrogens is 1. The molecule has 3 N–H and O–H groups in total. The molecule has 3 nitrogen and oxygen atoms in total. The zero-order valence-corrected chi connectivity index (χ0v) is 13.3. The molecule has 0 unspecified atom stereocenters. The molecule has 0 spiro atoms. The Morgan fingerprint density at radius 2 is 1.78 bits per heavy atom. The number of rotatable bonds is 4. The first-order valence-electron chi connectivity index (χ1n) is 7.72. The molecule has 0 aliphatic rings. The number of aryl methyl sites for hydroxylation is 2. The maximum Gasteiger partial charge on any atom is 0.257 e. The van der Waals surface area contributed by atoms with E-state index in [4.69, 9.17) is 0 Å². The van der Waals surface area contributed by atoms with Crippen molar-refractivity contribution in [3.63, 3.8) is 0 Å². The fraction of sp³-hybridized carbons (Fsp3) is 0.211. The van der Waals surface area contributed by atoms with Gasteiger partial charge in [-0.3, -0.25) is 4.79 Å². The molecule has 0 aliphatic heterocycles. The average Bonchev–Trinajstić information content (AvgIpc) is 2.50. The summed E-state index contributed by atoms with van der Waals surface area (Å²) in [5, 5.41) is 3.13. The first-order valence-corrected chi connectivity index (χ1v) is 7.72. The number of hydrogen-bond donors (Lipinski definition) is 2. The highest BCUT2D eigenvalue weighted by Crippen LogP contribution is 2.18. The second kappa shape index (κ2) is 6.34. The quantitative estimate of drug-likeness (QED) is 0.764. The van der Waals surface area contributed by atoms with Gasteiger partial charge in [-0.05, 0) is 49.2 Å². The van der Waals surface area contributed by atoms with E-state index in [9.17, 15) is 9.18 Å². The summed E-state index contributed by atoms with van der Waals surface area (Å²) >= 11 is 0. The van der Waals surface area contributed by atoms with Crippen LogP contribution >= 0.6 is 0 Å². The van der Waals surface area contributed by atoms with Gasteiger partial charge in [0.1, 0.15) is 18.9 Å². The largest absolute Gasteiger partial charge is 0.339 e. The van der Waals surface area contributed by atoms with E-state index in [1.54, 1.807) is 12.1 Å². The molecule has 0 atom stereocenters. The normalized spacial score (nSPS) is 11.1. The first-order chi connectivity index (χ1) is 11.0. The molecule has 0 saturated heterocycles. The summed E-state index contributed by atoms with van der Waals surface area (Å²) in [6, 6.07) is 12.5. The monoisotopic (exact) mass is 311 g/mol. The van der Waals surface area contributed by atoms with E-state index in [0.717, 1.165) is 33.2 Å². The van der Waals surface area contributed by atoms with Crippen LogP contribution in [-0.2, 0) is 13.1 Å². The third-order valence-electron chi connectivity index (χ3n) is 4.05. The Balaban J connectivity index is 1.78. The number of benzene rings is 2. The Morgan fingerprint density at radius 1 is 1.04 bits per heavy atom. The van der Waals surface area contributed by atoms with Crippen LogP contribution in [0, 0.1) is 19.7 Å². The van der Waals surface area contributed by atoms with E-state index in [0.29, 0.717) is 13.1 Å². The van der Waals surface area contributed by atoms with Crippen LogP contribution in [0.15, 0.2) is 47.3 Å². The minimum atomic E-state index is -0.231. The maximum atomic E-state index is 12.9. The average molecular weight is 311 g/mol. The molecule has 0 fully saturated rings. The molecule has 118 valence electrons. The first kappa shape index (κ1) is 15.4. The van der Waals surface area contributed by atoms with Crippen LogP contribution in [0.25, 0.3) is 10.9 Å². The predicted octanol–water partition coefficient (Wildman–Crippen LogP) is 2.55. The summed E-state index contributed by atoms with van der Waals surface area (Å²) in [5.41, 5.74) is 4.94. The minimum Gasteiger partial charge on any atom is -0.339 e. The summed E-state index contributed by atoms with van der Waals surface area (Å²) < 4.78 is 12.9. The molecular formula is C19H20FN2O+. The lowest BCUT2D eigenvalue weighted by Crippen LogP contribution is -2.81. The third kappa shape index (κ3) is 3.48. The van der Waals surface area contributed by atoms with E-state index in [1.165, 1.54) is 12.1 Å². The number of aromatic amines is 1. The van der Waals surface area contributed by atoms with Crippen molar-refractivity contribution < 1.29 is 9.71 Å². The third-order valence-corrected chi connectivity index (χ3v) is 4.05. The Morgan fingerprint density at radius 3 is 2.52 bits per heavy atom. The standard InChI is InChI=1S/C19H19FN2O/c1-12-7-13(2)17-9-15(19(23)22-18(17)8-12)11-21-10-14-3-5-16(20)6-4-14/h3-9,21H,10-11H2,1-2H3,(H,22,23)/p+1. The summed E-state index contributed by atoms with van der Waals surface area (Å²) in [6.07, 6.45) is 0. The minimum absolute atomic E-state index is 0.0437. The summed E-state index contributed by atoms with van der Waals surface area (Å²) in [7, 11) is 0. The Kier molecular flexibility index (Phi) is 4.26. The van der Waals surface area contributed by atoms with E-state index in [1.807, 2.05) is 24.4 Å². The topological polar surface area (TPSA) is 49.5 Å². The molecular weight excluding hydrogens is 291 g/mol. The Bertz CT molecular complexity index is 898. The van der Waals surface area contributed by atoms with Crippen LogP contribution in [-0.4, -0.2) is 4.98 Å². The molecule has 1 aromatic heterocycles. The molecule has 0 aliphatic carbocycles. The molecule has 0 saturated carbocycles. The van der Waals surface area contributed by atoms with Gasteiger partial charge >= 0.3 is 0 Å². The van der Waals surface area contributed by atoms with Crippen LogP contribution in [0.2, 0.25) is 0 Å². The summed E-state index contributed by atoms with van der Waals surface area (Å²) in [6.45, 7) is 5.38. The number of hydrogen-bond acceptors (Lipinski definition) is 1. The molecule has 3 rings (SSSR count). The van der Waals surface area contributed by atoms with Crippen LogP contribution in [0.3, 0.4) is 0 Å². The van der Waals surface area contributed by atoms with Gasteiger partial charge in [-0.25, -0.2) is 4.39 Å². The van der Waals surface area contributed by atoms with Crippen LogP contribution in [0.4, 0.5) is 4.39 Å². The zero-order chi connectivity index (χ0) is 16.4. The number of nitrogens with two attached hydrogens (primary N) is 1. The van der Waals surface area contributed by atoms with Crippen molar-refractivity contribution >= 4 is 10.9 Å². The van der Waals surface area contributed by atoms with Gasteiger partial charge in [-0.2, -0.15) is 0 Å². The molecule has 4 heteroatoms. The lowest BCUT2D eigenvalue weighted by Gasteiger charge is -2.07. The molecule has 23 heavy (non-hydrogen) atoms. The highest BCUT2D eigenvalue weighted by Gasteiger charge is 2.07. The predicted molar refractivity (Wildman–Crippen MR) is 89.8 cm³/mol. The second-order valence-electron chi connectivity index (χ2n) is 5.99. The van der Waals surface area contributed by atoms with Crippen LogP contribution < -0.4 is 10.9 Å². The van der Waals surface area contributed by atoms with Gasteiger partial charge in [0.2, 0.25) is 0 Å². The number of pyridine rings is 1. The summed E-state index contributed by atoms with van der Waals surface area (Å²) in [4.78, 5) is 15.2. The molecule has 1 heterocycles. The number of nitrogens with one attached hydrogen (secondary N) is 1. The number of halogens is 1. The number of aromatic nitrogens is 1. The van der Waals surface area contributed by atoms with Crippen molar-refractivity contribution in [3.05, 3.63) is 80.9 Å². The van der Waals surface area contributed by atoms with Crippen molar-refractivity contribution in [1.29, 1.82) is 0 Å². The van der Waals surface area contributed by atoms with Crippen molar-refractivity contribution in [3.8, 4) is 0 Å². The highest BCUT2D eigenvalue weighted by atomic mass is 19.1. The van der Waals surface area contributed by atoms with Gasteiger partial charge in [0, 0.05) is 16.5 Å². The van der Waals surface area contributed by atoms with Gasteiger partial charge in [0.15, 0.2) is 0 Å². The molecule has 0 radical (unpaired) electrons. The zero-order valence-electron chi connectivity index (χ0n) is 13.3. The van der Waals surface area contributed by atoms with Gasteiger partial charge < -0.3 is 10.3 Å². The summed E-state index contributed by atoms with van der Waals surface area (Å²) in [5.74, 6) is -0.231. The van der Waals surface area contributed by atoms with Gasteiger partial charge in [0.25, 0.3) is 5.56 Å². The van der Waals surface area contributed by atoms with E-state index in [-0.39, 0.29) is 11.4 Å². The van der Waals surface area contributed by atoms with E-state index >= 15 is 0 Å². The lowest BCUT2D eigenvalue weighted by molar-refractivity contribution is -0.686. The van der Waals surface area contributed by atoms with E-state index < -0.39 is 0 Å². The highest BCUT2D eigenvalue weighted by molar-refractivity contribution is 5.83. The van der Waals surface area contributed by atoms with Crippen LogP contribution in [0.5, 0.6) is 0 Å². The van der Waals surface area contributed by atoms with E-state index in [2.05, 4.69) is 18.0 Å². The molecule has 0 amide bonds. The van der Waals surface area contributed by atoms with Crippen molar-refractivity contribution in [2.45, 2.75) is 26.9 Å². The van der Waals surface area contributed by atoms with Gasteiger partial charge in [0.05, 0.1) is 5.56 Å². The fourth-order valence-corrected chi connectivity index (χ4v) is 2.88. The molecule has 0 bridgehead atoms. The van der Waals surface area contributed by atoms with Gasteiger partial charge in [-0.1, -0.05) is 18.2 Å². The van der Waals surface area contributed by atoms with Gasteiger partial charge in [-0.15, -0.1) is 0 Å². The second-order valence-corrected chi connectivity index (χ2v) is 5.99. The molecule has 2 aromatic carbocycles. The van der Waals surface area contributed by atoms with Crippen molar-refractivity contribution in [2.75, 3.05) is 0 Å². The number of H-pyrrole nitrogens is 1. The Labute approximate surface area is 134 Å². The number of fused-ring (bicyclic) bond motifs is 1. The Hall–Kier alpha value is -2.46. The van der Waals surface area contributed by atoms with Crippen molar-refractivity contribution in [2.24, 2.45) is 0 Å². The SMILES string of the molecule is Cc1cc(C)c2cc(C[NH2+]Cc3ccc(F)cc3)c(=O)[nH]c2c1. The smallest absolute Gasteiger partial charge is 0.257 e. The van der Waals surface area contributed by atoms with Crippen LogP contribution in [0.1, 0.15) is 22.3 Å². The fourth-order valence-electron chi connectivity index (χ4n) is 2.88. The maximum absolute atomic E-state index is 12.9. The lowest BCUT2D eigenvalue weighted by atomic mass is 10.0. The van der Waals surface area contributed by atoms with Crippen molar-refractivity contribution in [1.82, 2.24) is 4.98 Å².